The highest BCUT2D eigenvalue weighted by molar-refractivity contribution is 7.86. The summed E-state index contributed by atoms with van der Waals surface area (Å²) in [5.74, 6) is 0.855. The summed E-state index contributed by atoms with van der Waals surface area (Å²) in [6.45, 7) is 10.1. The monoisotopic (exact) mass is 487 g/mol. The predicted octanol–water partition coefficient (Wildman–Crippen LogP) is 4.26. The van der Waals surface area contributed by atoms with E-state index in [1.807, 2.05) is 52.0 Å². The molecule has 0 atom stereocenters. The number of nitrogens with zero attached hydrogens (tertiary/aromatic N) is 3. The highest BCUT2D eigenvalue weighted by Crippen LogP contribution is 2.17. The molecule has 0 radical (unpaired) electrons. The Morgan fingerprint density at radius 1 is 1.06 bits per heavy atom. The molecule has 1 fully saturated rings. The van der Waals surface area contributed by atoms with Gasteiger partial charge in [0.2, 0.25) is 0 Å². The number of aromatic nitrogens is 1. The van der Waals surface area contributed by atoms with Gasteiger partial charge in [0.25, 0.3) is 10.1 Å². The molecule has 2 heterocycles. The van der Waals surface area contributed by atoms with Gasteiger partial charge in [0.15, 0.2) is 0 Å². The number of aryl methyl sites for hydroxylation is 1. The summed E-state index contributed by atoms with van der Waals surface area (Å²) in [5, 5.41) is 0. The Morgan fingerprint density at radius 2 is 1.74 bits per heavy atom. The number of carbonyl (C=O) groups is 1. The minimum Gasteiger partial charge on any atom is -0.444 e. The van der Waals surface area contributed by atoms with Crippen molar-refractivity contribution in [3.8, 4) is 0 Å². The molecule has 34 heavy (non-hydrogen) atoms. The number of ether oxygens (including phenoxy) is 1. The second-order valence-corrected chi connectivity index (χ2v) is 10.8. The number of anilines is 1. The summed E-state index contributed by atoms with van der Waals surface area (Å²) in [7, 11) is -3.74. The molecule has 3 rings (SSSR count). The van der Waals surface area contributed by atoms with E-state index < -0.39 is 15.7 Å². The molecule has 9 heteroatoms. The molecule has 1 amide bonds. The predicted molar refractivity (Wildman–Crippen MR) is 132 cm³/mol. The first-order valence-corrected chi connectivity index (χ1v) is 12.8. The Labute approximate surface area is 202 Å². The summed E-state index contributed by atoms with van der Waals surface area (Å²) in [4.78, 5) is 20.8. The van der Waals surface area contributed by atoms with Crippen molar-refractivity contribution < 1.29 is 22.1 Å². The van der Waals surface area contributed by atoms with Gasteiger partial charge in [-0.25, -0.2) is 9.78 Å². The van der Waals surface area contributed by atoms with E-state index in [2.05, 4.69) is 9.88 Å². The number of rotatable bonds is 7. The van der Waals surface area contributed by atoms with Gasteiger partial charge >= 0.3 is 6.09 Å². The number of pyridine rings is 1. The summed E-state index contributed by atoms with van der Waals surface area (Å²) in [6.07, 6.45) is 5.70. The van der Waals surface area contributed by atoms with Crippen LogP contribution in [-0.4, -0.2) is 62.8 Å². The van der Waals surface area contributed by atoms with Crippen LogP contribution in [0.25, 0.3) is 6.08 Å². The fraction of sp³-hybridized carbons (Fsp3) is 0.440. The van der Waals surface area contributed by atoms with Gasteiger partial charge in [0, 0.05) is 32.4 Å². The minimum atomic E-state index is -3.74. The summed E-state index contributed by atoms with van der Waals surface area (Å²) < 4.78 is 34.9. The van der Waals surface area contributed by atoms with Crippen LogP contribution in [0.3, 0.4) is 0 Å². The zero-order valence-corrected chi connectivity index (χ0v) is 21.0. The summed E-state index contributed by atoms with van der Waals surface area (Å²) in [5.41, 5.74) is 1.41. The van der Waals surface area contributed by atoms with E-state index in [0.717, 1.165) is 16.9 Å². The molecule has 0 N–H and O–H groups in total. The second-order valence-electron chi connectivity index (χ2n) is 9.18. The number of hydrogen-bond donors (Lipinski definition) is 0. The highest BCUT2D eigenvalue weighted by atomic mass is 32.2. The third kappa shape index (κ3) is 7.56. The molecule has 1 saturated heterocycles. The highest BCUT2D eigenvalue weighted by Gasteiger charge is 2.26. The topological polar surface area (TPSA) is 89.0 Å². The van der Waals surface area contributed by atoms with E-state index in [-0.39, 0.29) is 17.6 Å². The van der Waals surface area contributed by atoms with Crippen LogP contribution < -0.4 is 4.90 Å². The Hall–Kier alpha value is -2.91. The van der Waals surface area contributed by atoms with Gasteiger partial charge in [-0.05, 0) is 63.9 Å². The van der Waals surface area contributed by atoms with Gasteiger partial charge in [-0.2, -0.15) is 8.42 Å². The number of piperazine rings is 1. The van der Waals surface area contributed by atoms with Crippen LogP contribution in [0.4, 0.5) is 10.6 Å². The van der Waals surface area contributed by atoms with Crippen molar-refractivity contribution >= 4 is 28.1 Å². The van der Waals surface area contributed by atoms with Crippen LogP contribution in [-0.2, 0) is 19.0 Å². The van der Waals surface area contributed by atoms with Crippen molar-refractivity contribution in [3.05, 3.63) is 59.8 Å². The third-order valence-electron chi connectivity index (χ3n) is 5.17. The van der Waals surface area contributed by atoms with Crippen molar-refractivity contribution in [2.75, 3.05) is 37.7 Å². The molecule has 0 unspecified atom stereocenters. The summed E-state index contributed by atoms with van der Waals surface area (Å²) in [6, 6.07) is 10.5. The van der Waals surface area contributed by atoms with Crippen LogP contribution in [0.5, 0.6) is 0 Å². The lowest BCUT2D eigenvalue weighted by molar-refractivity contribution is 0.0240. The van der Waals surface area contributed by atoms with E-state index in [4.69, 9.17) is 8.92 Å². The summed E-state index contributed by atoms with van der Waals surface area (Å²) >= 11 is 0. The number of benzene rings is 1. The zero-order valence-electron chi connectivity index (χ0n) is 20.2. The fourth-order valence-electron chi connectivity index (χ4n) is 3.35. The third-order valence-corrected chi connectivity index (χ3v) is 6.50. The molecular formula is C25H33N3O5S. The lowest BCUT2D eigenvalue weighted by atomic mass is 10.2. The lowest BCUT2D eigenvalue weighted by Gasteiger charge is -2.36. The molecule has 1 aliphatic rings. The standard InChI is InChI=1S/C25H33N3O5S/c1-20-8-11-22(12-9-20)34(30,31)32-18-6-5-7-21-10-13-23(26-19-21)27-14-16-28(17-15-27)24(29)33-25(2,3)4/h5,7-13,19H,6,14-18H2,1-4H3/b7-5+. The first kappa shape index (κ1) is 25.7. The maximum absolute atomic E-state index is 12.2. The van der Waals surface area contributed by atoms with Gasteiger partial charge in [-0.3, -0.25) is 4.18 Å². The normalized spacial score (nSPS) is 15.1. The van der Waals surface area contributed by atoms with Crippen molar-refractivity contribution in [2.45, 2.75) is 44.6 Å². The minimum absolute atomic E-state index is 0.0696. The Kier molecular flexibility index (Phi) is 8.33. The van der Waals surface area contributed by atoms with Crippen molar-refractivity contribution in [2.24, 2.45) is 0 Å². The lowest BCUT2D eigenvalue weighted by Crippen LogP contribution is -2.50. The fourth-order valence-corrected chi connectivity index (χ4v) is 4.27. The van der Waals surface area contributed by atoms with E-state index >= 15 is 0 Å². The smallest absolute Gasteiger partial charge is 0.410 e. The van der Waals surface area contributed by atoms with Gasteiger partial charge < -0.3 is 14.5 Å². The molecule has 1 aromatic carbocycles. The van der Waals surface area contributed by atoms with Crippen LogP contribution >= 0.6 is 0 Å². The quantitative estimate of drug-likeness (QED) is 0.426. The molecule has 1 aliphatic heterocycles. The average molecular weight is 488 g/mol. The maximum atomic E-state index is 12.2. The second kappa shape index (κ2) is 11.0. The van der Waals surface area contributed by atoms with Crippen molar-refractivity contribution in [3.63, 3.8) is 0 Å². The van der Waals surface area contributed by atoms with Crippen molar-refractivity contribution in [1.82, 2.24) is 9.88 Å². The number of amides is 1. The number of carbonyl (C=O) groups excluding carboxylic acids is 1. The molecular weight excluding hydrogens is 454 g/mol. The maximum Gasteiger partial charge on any atom is 0.410 e. The van der Waals surface area contributed by atoms with Crippen LogP contribution in [0.1, 0.15) is 38.3 Å². The zero-order chi connectivity index (χ0) is 24.8. The average Bonchev–Trinajstić information content (AvgIpc) is 2.78. The molecule has 0 saturated carbocycles. The largest absolute Gasteiger partial charge is 0.444 e. The van der Waals surface area contributed by atoms with Gasteiger partial charge in [-0.1, -0.05) is 29.8 Å². The Bertz CT molecular complexity index is 1080. The molecule has 184 valence electrons. The molecule has 2 aromatic rings. The van der Waals surface area contributed by atoms with E-state index in [9.17, 15) is 13.2 Å². The van der Waals surface area contributed by atoms with Gasteiger partial charge in [0.1, 0.15) is 11.4 Å². The van der Waals surface area contributed by atoms with Crippen LogP contribution in [0.2, 0.25) is 0 Å². The van der Waals surface area contributed by atoms with E-state index in [1.165, 1.54) is 0 Å². The van der Waals surface area contributed by atoms with Crippen LogP contribution in [0.15, 0.2) is 53.6 Å². The van der Waals surface area contributed by atoms with Crippen LogP contribution in [0, 0.1) is 6.92 Å². The van der Waals surface area contributed by atoms with E-state index in [0.29, 0.717) is 32.6 Å². The number of hydrogen-bond acceptors (Lipinski definition) is 7. The van der Waals surface area contributed by atoms with Crippen molar-refractivity contribution in [1.29, 1.82) is 0 Å². The SMILES string of the molecule is Cc1ccc(S(=O)(=O)OCC/C=C/c2ccc(N3CCN(C(=O)OC(C)(C)C)CC3)nc2)cc1. The first-order valence-electron chi connectivity index (χ1n) is 11.4. The van der Waals surface area contributed by atoms with Gasteiger partial charge in [0.05, 0.1) is 11.5 Å². The Morgan fingerprint density at radius 3 is 2.32 bits per heavy atom. The molecule has 0 bridgehead atoms. The Balaban J connectivity index is 1.43. The first-order chi connectivity index (χ1) is 16.0. The van der Waals surface area contributed by atoms with Gasteiger partial charge in [-0.15, -0.1) is 0 Å². The van der Waals surface area contributed by atoms with E-state index in [1.54, 1.807) is 35.4 Å². The molecule has 0 spiro atoms. The molecule has 0 aliphatic carbocycles. The molecule has 8 nitrogen and oxygen atoms in total. The molecule has 1 aromatic heterocycles.